The Morgan fingerprint density at radius 1 is 0.562 bits per heavy atom. The first-order valence-corrected chi connectivity index (χ1v) is 19.0. The molecular weight excluding hydrogens is 600 g/mol. The standard InChI is InChI=1S/C42H58O6/c1-41-21-19-27-25-11-15-35(47-23-43-3)39(31(25)9-7-29(27)33(41)13-17-37(41)45-5)40-32-10-8-30-28(26(32)12-16-36(40)48-24-44-4)20-22-42(2)34(30)14-18-38(42)46-6/h11-12,15-16,27-30,33-34,37-38H,7-10,13-14,17-24H2,1-6H3/t27-,28-,29-,30-,33+,34+,37+,38+,41+,42+/m1/s1. The molecule has 4 saturated carbocycles. The molecule has 0 unspecified atom stereocenters. The van der Waals surface area contributed by atoms with Gasteiger partial charge in [0.15, 0.2) is 13.6 Å². The van der Waals surface area contributed by atoms with Gasteiger partial charge in [-0.1, -0.05) is 26.0 Å². The molecule has 6 aliphatic carbocycles. The highest BCUT2D eigenvalue weighted by Gasteiger charge is 2.57. The molecule has 0 heterocycles. The topological polar surface area (TPSA) is 55.4 Å². The third kappa shape index (κ3) is 4.93. The Bertz CT molecular complexity index is 1390. The number of fused-ring (bicyclic) bond motifs is 10. The van der Waals surface area contributed by atoms with Crippen LogP contribution in [0.3, 0.4) is 0 Å². The highest BCUT2D eigenvalue weighted by atomic mass is 16.7. The van der Waals surface area contributed by atoms with E-state index < -0.39 is 0 Å². The van der Waals surface area contributed by atoms with E-state index in [4.69, 9.17) is 28.4 Å². The predicted octanol–water partition coefficient (Wildman–Crippen LogP) is 9.06. The minimum Gasteiger partial charge on any atom is -0.467 e. The summed E-state index contributed by atoms with van der Waals surface area (Å²) in [6, 6.07) is 9.30. The van der Waals surface area contributed by atoms with E-state index in [0.29, 0.717) is 46.7 Å². The fourth-order valence-corrected chi connectivity index (χ4v) is 13.0. The Hall–Kier alpha value is -2.12. The SMILES string of the molecule is COCOc1ccc2c(c1-c1c(OCOC)ccc3c1CC[C@@H]1[C@@H]3CC[C@]3(C)[C@@H](OC)CC[C@@H]13)CC[C@@H]1[C@@H]2CC[C@]2(C)[C@@H](OC)CC[C@@H]12. The average Bonchev–Trinajstić information content (AvgIpc) is 3.64. The average molecular weight is 659 g/mol. The lowest BCUT2D eigenvalue weighted by molar-refractivity contribution is -0.0444. The van der Waals surface area contributed by atoms with Gasteiger partial charge in [0.2, 0.25) is 0 Å². The number of hydrogen-bond acceptors (Lipinski definition) is 6. The Balaban J connectivity index is 1.24. The molecule has 0 radical (unpaired) electrons. The number of benzene rings is 2. The summed E-state index contributed by atoms with van der Waals surface area (Å²) in [6.45, 7) is 5.50. The van der Waals surface area contributed by atoms with Crippen LogP contribution in [-0.4, -0.2) is 54.2 Å². The lowest BCUT2D eigenvalue weighted by Crippen LogP contribution is -2.44. The number of rotatable bonds is 9. The Kier molecular flexibility index (Phi) is 8.87. The first-order chi connectivity index (χ1) is 23.4. The van der Waals surface area contributed by atoms with E-state index in [2.05, 4.69) is 38.1 Å². The first kappa shape index (κ1) is 33.0. The van der Waals surface area contributed by atoms with Crippen LogP contribution in [0.5, 0.6) is 11.5 Å². The molecule has 0 N–H and O–H groups in total. The van der Waals surface area contributed by atoms with Gasteiger partial charge in [0, 0.05) is 39.6 Å². The fourth-order valence-electron chi connectivity index (χ4n) is 13.0. The van der Waals surface area contributed by atoms with Crippen molar-refractivity contribution in [2.24, 2.45) is 34.5 Å². The van der Waals surface area contributed by atoms with E-state index >= 15 is 0 Å². The zero-order valence-corrected chi connectivity index (χ0v) is 30.3. The van der Waals surface area contributed by atoms with Gasteiger partial charge >= 0.3 is 0 Å². The third-order valence-corrected chi connectivity index (χ3v) is 15.1. The lowest BCUT2D eigenvalue weighted by Gasteiger charge is -2.51. The maximum Gasteiger partial charge on any atom is 0.188 e. The van der Waals surface area contributed by atoms with Crippen LogP contribution < -0.4 is 9.47 Å². The van der Waals surface area contributed by atoms with Gasteiger partial charge in [-0.2, -0.15) is 0 Å². The van der Waals surface area contributed by atoms with Gasteiger partial charge in [-0.25, -0.2) is 0 Å². The third-order valence-electron chi connectivity index (χ3n) is 15.1. The molecule has 8 rings (SSSR count). The Labute approximate surface area is 288 Å². The molecule has 0 amide bonds. The smallest absolute Gasteiger partial charge is 0.188 e. The second-order valence-electron chi connectivity index (χ2n) is 16.6. The van der Waals surface area contributed by atoms with Crippen molar-refractivity contribution in [3.05, 3.63) is 46.5 Å². The Morgan fingerprint density at radius 2 is 1.00 bits per heavy atom. The van der Waals surface area contributed by atoms with Crippen molar-refractivity contribution >= 4 is 0 Å². The minimum absolute atomic E-state index is 0.228. The predicted molar refractivity (Wildman–Crippen MR) is 188 cm³/mol. The molecule has 2 aromatic carbocycles. The van der Waals surface area contributed by atoms with Crippen molar-refractivity contribution < 1.29 is 28.4 Å². The van der Waals surface area contributed by atoms with E-state index in [0.717, 1.165) is 36.2 Å². The molecule has 0 aromatic heterocycles. The van der Waals surface area contributed by atoms with E-state index in [1.807, 2.05) is 14.2 Å². The van der Waals surface area contributed by atoms with E-state index in [-0.39, 0.29) is 13.6 Å². The molecule has 0 bridgehead atoms. The van der Waals surface area contributed by atoms with Crippen molar-refractivity contribution in [3.63, 3.8) is 0 Å². The van der Waals surface area contributed by atoms with Crippen LogP contribution in [0.15, 0.2) is 24.3 Å². The summed E-state index contributed by atoms with van der Waals surface area (Å²) in [6.07, 6.45) is 15.3. The monoisotopic (exact) mass is 658 g/mol. The van der Waals surface area contributed by atoms with Crippen LogP contribution in [0, 0.1) is 34.5 Å². The highest BCUT2D eigenvalue weighted by molar-refractivity contribution is 5.84. The van der Waals surface area contributed by atoms with Crippen LogP contribution >= 0.6 is 0 Å². The van der Waals surface area contributed by atoms with Gasteiger partial charge in [-0.05, 0) is 158 Å². The normalized spacial score (nSPS) is 37.9. The Morgan fingerprint density at radius 3 is 1.40 bits per heavy atom. The molecule has 48 heavy (non-hydrogen) atoms. The van der Waals surface area contributed by atoms with Gasteiger partial charge < -0.3 is 28.4 Å². The fraction of sp³-hybridized carbons (Fsp3) is 0.714. The first-order valence-electron chi connectivity index (χ1n) is 19.0. The number of ether oxygens (including phenoxy) is 6. The molecule has 2 aromatic rings. The van der Waals surface area contributed by atoms with Gasteiger partial charge in [-0.3, -0.25) is 0 Å². The van der Waals surface area contributed by atoms with Gasteiger partial charge in [0.1, 0.15) is 11.5 Å². The second-order valence-corrected chi connectivity index (χ2v) is 16.6. The van der Waals surface area contributed by atoms with Crippen molar-refractivity contribution in [2.75, 3.05) is 42.0 Å². The molecule has 0 aliphatic heterocycles. The lowest BCUT2D eigenvalue weighted by atomic mass is 9.54. The highest BCUT2D eigenvalue weighted by Crippen LogP contribution is 2.65. The summed E-state index contributed by atoms with van der Waals surface area (Å²) in [5.74, 6) is 5.88. The molecule has 6 aliphatic rings. The molecule has 4 fully saturated rings. The molecule has 0 spiro atoms. The summed E-state index contributed by atoms with van der Waals surface area (Å²) in [5.41, 5.74) is 9.13. The molecule has 262 valence electrons. The van der Waals surface area contributed by atoms with Crippen LogP contribution in [-0.2, 0) is 31.8 Å². The molecule has 0 saturated heterocycles. The molecular formula is C42H58O6. The number of methoxy groups -OCH3 is 4. The molecule has 10 atom stereocenters. The van der Waals surface area contributed by atoms with Crippen molar-refractivity contribution in [2.45, 2.75) is 115 Å². The van der Waals surface area contributed by atoms with Crippen LogP contribution in [0.2, 0.25) is 0 Å². The van der Waals surface area contributed by atoms with Crippen molar-refractivity contribution in [3.8, 4) is 22.6 Å². The van der Waals surface area contributed by atoms with Gasteiger partial charge in [0.05, 0.1) is 12.2 Å². The largest absolute Gasteiger partial charge is 0.467 e. The zero-order valence-electron chi connectivity index (χ0n) is 30.3. The molecule has 6 heteroatoms. The van der Waals surface area contributed by atoms with Crippen LogP contribution in [0.1, 0.15) is 112 Å². The van der Waals surface area contributed by atoms with Crippen molar-refractivity contribution in [1.82, 2.24) is 0 Å². The maximum absolute atomic E-state index is 6.47. The summed E-state index contributed by atoms with van der Waals surface area (Å²) >= 11 is 0. The van der Waals surface area contributed by atoms with E-state index in [1.54, 1.807) is 25.3 Å². The summed E-state index contributed by atoms with van der Waals surface area (Å²) in [4.78, 5) is 0. The summed E-state index contributed by atoms with van der Waals surface area (Å²) in [5, 5.41) is 0. The maximum atomic E-state index is 6.47. The van der Waals surface area contributed by atoms with E-state index in [1.165, 1.54) is 86.5 Å². The van der Waals surface area contributed by atoms with Gasteiger partial charge in [0.25, 0.3) is 0 Å². The quantitative estimate of drug-likeness (QED) is 0.251. The summed E-state index contributed by atoms with van der Waals surface area (Å²) < 4.78 is 36.1. The minimum atomic E-state index is 0.228. The molecule has 6 nitrogen and oxygen atoms in total. The second kappa shape index (κ2) is 12.9. The number of hydrogen-bond donors (Lipinski definition) is 0. The summed E-state index contributed by atoms with van der Waals surface area (Å²) in [7, 11) is 7.28. The van der Waals surface area contributed by atoms with Crippen molar-refractivity contribution in [1.29, 1.82) is 0 Å². The van der Waals surface area contributed by atoms with Gasteiger partial charge in [-0.15, -0.1) is 0 Å². The van der Waals surface area contributed by atoms with Crippen LogP contribution in [0.25, 0.3) is 11.1 Å². The zero-order chi connectivity index (χ0) is 33.2. The van der Waals surface area contributed by atoms with Crippen LogP contribution in [0.4, 0.5) is 0 Å². The van der Waals surface area contributed by atoms with E-state index in [9.17, 15) is 0 Å².